The quantitative estimate of drug-likeness (QED) is 0.0933. The number of hydrogen-bond acceptors (Lipinski definition) is 7. The van der Waals surface area contributed by atoms with Crippen LogP contribution in [0.25, 0.3) is 16.3 Å². The number of fused-ring (bicyclic) bond motifs is 1. The van der Waals surface area contributed by atoms with Crippen molar-refractivity contribution in [1.29, 1.82) is 0 Å². The first-order valence-electron chi connectivity index (χ1n) is 15.4. The van der Waals surface area contributed by atoms with E-state index >= 15 is 0 Å². The van der Waals surface area contributed by atoms with Gasteiger partial charge >= 0.3 is 0 Å². The smallest absolute Gasteiger partial charge is 0.272 e. The molecule has 1 atom stereocenters. The summed E-state index contributed by atoms with van der Waals surface area (Å²) in [5.74, 6) is -0.625. The third-order valence-electron chi connectivity index (χ3n) is 7.43. The van der Waals surface area contributed by atoms with Crippen LogP contribution in [0.5, 0.6) is 5.75 Å². The van der Waals surface area contributed by atoms with E-state index in [2.05, 4.69) is 27.0 Å². The number of rotatable bonds is 11. The Hall–Kier alpha value is -5.71. The minimum atomic E-state index is -0.605. The third kappa shape index (κ3) is 8.42. The van der Waals surface area contributed by atoms with Crippen molar-refractivity contribution in [3.05, 3.63) is 155 Å². The number of nitrogens with one attached hydrogen (secondary N) is 3. The van der Waals surface area contributed by atoms with Crippen molar-refractivity contribution in [2.45, 2.75) is 17.1 Å². The number of methoxy groups -OCH3 is 1. The lowest BCUT2D eigenvalue weighted by molar-refractivity contribution is -0.116. The van der Waals surface area contributed by atoms with Crippen LogP contribution in [0.4, 0.5) is 10.8 Å². The van der Waals surface area contributed by atoms with E-state index < -0.39 is 17.1 Å². The van der Waals surface area contributed by atoms with Gasteiger partial charge in [-0.2, -0.15) is 0 Å². The van der Waals surface area contributed by atoms with Crippen LogP contribution in [0.3, 0.4) is 0 Å². The van der Waals surface area contributed by atoms with Crippen LogP contribution in [0.1, 0.15) is 32.3 Å². The van der Waals surface area contributed by atoms with Gasteiger partial charge in [0.2, 0.25) is 5.91 Å². The molecular formula is C39H32N4O4S2. The van der Waals surface area contributed by atoms with Crippen LogP contribution in [0, 0.1) is 6.92 Å². The summed E-state index contributed by atoms with van der Waals surface area (Å²) in [6.45, 7) is 2.02. The zero-order valence-electron chi connectivity index (χ0n) is 26.7. The minimum Gasteiger partial charge on any atom is -0.496 e. The number of amides is 3. The highest BCUT2D eigenvalue weighted by molar-refractivity contribution is 8.00. The molecule has 10 heteroatoms. The van der Waals surface area contributed by atoms with Crippen molar-refractivity contribution >= 4 is 67.9 Å². The molecular weight excluding hydrogens is 653 g/mol. The molecule has 0 spiro atoms. The van der Waals surface area contributed by atoms with E-state index in [0.717, 1.165) is 26.2 Å². The summed E-state index contributed by atoms with van der Waals surface area (Å²) in [5.41, 5.74) is 4.32. The SMILES string of the molecule is COc1ccccc1/C=C(/NC(=O)c1ccccc1)C(=O)Nc1cccc(SC(C(=O)Nc2nc3ccc(C)cc3s2)c2ccccc2)c1. The number of nitrogens with zero attached hydrogens (tertiary/aromatic N) is 1. The third-order valence-corrected chi connectivity index (χ3v) is 9.61. The summed E-state index contributed by atoms with van der Waals surface area (Å²) in [7, 11) is 1.54. The molecule has 6 rings (SSSR count). The van der Waals surface area contributed by atoms with Crippen molar-refractivity contribution in [3.8, 4) is 5.75 Å². The Bertz CT molecular complexity index is 2150. The Morgan fingerprint density at radius 1 is 0.816 bits per heavy atom. The van der Waals surface area contributed by atoms with Crippen molar-refractivity contribution in [2.24, 2.45) is 0 Å². The number of carbonyl (C=O) groups is 3. The molecule has 244 valence electrons. The highest BCUT2D eigenvalue weighted by atomic mass is 32.2. The predicted octanol–water partition coefficient (Wildman–Crippen LogP) is 8.50. The van der Waals surface area contributed by atoms with E-state index in [1.54, 1.807) is 67.8 Å². The van der Waals surface area contributed by atoms with Crippen molar-refractivity contribution in [3.63, 3.8) is 0 Å². The second-order valence-electron chi connectivity index (χ2n) is 11.0. The van der Waals surface area contributed by atoms with Crippen LogP contribution in [-0.2, 0) is 9.59 Å². The molecule has 1 heterocycles. The monoisotopic (exact) mass is 684 g/mol. The number of thioether (sulfide) groups is 1. The van der Waals surface area contributed by atoms with Crippen LogP contribution in [0.2, 0.25) is 0 Å². The number of aromatic nitrogens is 1. The first kappa shape index (κ1) is 33.2. The average Bonchev–Trinajstić information content (AvgIpc) is 3.52. The fraction of sp³-hybridized carbons (Fsp3) is 0.0769. The number of anilines is 2. The van der Waals surface area contributed by atoms with Gasteiger partial charge in [-0.3, -0.25) is 14.4 Å². The number of thiazole rings is 1. The average molecular weight is 685 g/mol. The molecule has 49 heavy (non-hydrogen) atoms. The highest BCUT2D eigenvalue weighted by Gasteiger charge is 2.24. The van der Waals surface area contributed by atoms with E-state index in [0.29, 0.717) is 27.7 Å². The van der Waals surface area contributed by atoms with Gasteiger partial charge in [0.15, 0.2) is 5.13 Å². The second-order valence-corrected chi connectivity index (χ2v) is 13.2. The molecule has 0 aliphatic rings. The molecule has 0 fully saturated rings. The summed E-state index contributed by atoms with van der Waals surface area (Å²) in [6, 6.07) is 38.6. The summed E-state index contributed by atoms with van der Waals surface area (Å²) in [4.78, 5) is 46.0. The zero-order valence-corrected chi connectivity index (χ0v) is 28.3. The predicted molar refractivity (Wildman–Crippen MR) is 198 cm³/mol. The number of hydrogen-bond donors (Lipinski definition) is 3. The molecule has 3 N–H and O–H groups in total. The Morgan fingerprint density at radius 2 is 1.55 bits per heavy atom. The summed E-state index contributed by atoms with van der Waals surface area (Å²) < 4.78 is 6.47. The number of ether oxygens (including phenoxy) is 1. The van der Waals surface area contributed by atoms with Gasteiger partial charge in [0.1, 0.15) is 16.7 Å². The number of para-hydroxylation sites is 1. The standard InChI is InChI=1S/C39H32N4O4S2/c1-25-20-21-31-34(22-25)49-39(42-31)43-38(46)35(26-12-5-3-6-13-26)48-30-18-11-17-29(24-30)40-37(45)32(23-28-16-9-10-19-33(28)47-2)41-36(44)27-14-7-4-8-15-27/h3-24,35H,1-2H3,(H,40,45)(H,41,44)(H,42,43,46)/b32-23+. The van der Waals surface area contributed by atoms with E-state index in [9.17, 15) is 14.4 Å². The molecule has 1 unspecified atom stereocenters. The van der Waals surface area contributed by atoms with Gasteiger partial charge in [0, 0.05) is 21.7 Å². The normalized spacial score (nSPS) is 11.8. The number of aryl methyl sites for hydroxylation is 1. The Labute approximate surface area is 292 Å². The largest absolute Gasteiger partial charge is 0.496 e. The van der Waals surface area contributed by atoms with E-state index in [1.165, 1.54) is 23.1 Å². The zero-order chi connectivity index (χ0) is 34.2. The molecule has 0 aliphatic carbocycles. The van der Waals surface area contributed by atoms with Crippen LogP contribution in [0.15, 0.2) is 138 Å². The molecule has 0 radical (unpaired) electrons. The maximum absolute atomic E-state index is 13.8. The first-order chi connectivity index (χ1) is 23.9. The molecule has 0 aliphatic heterocycles. The van der Waals surface area contributed by atoms with E-state index in [4.69, 9.17) is 4.74 Å². The fourth-order valence-corrected chi connectivity index (χ4v) is 7.07. The van der Waals surface area contributed by atoms with Gasteiger partial charge in [-0.05, 0) is 72.7 Å². The summed E-state index contributed by atoms with van der Waals surface area (Å²) in [6.07, 6.45) is 1.58. The lowest BCUT2D eigenvalue weighted by Gasteiger charge is -2.17. The number of benzene rings is 5. The lowest BCUT2D eigenvalue weighted by atomic mass is 10.1. The minimum absolute atomic E-state index is 0.0315. The van der Waals surface area contributed by atoms with Gasteiger partial charge in [0.25, 0.3) is 11.8 Å². The van der Waals surface area contributed by atoms with Crippen LogP contribution < -0.4 is 20.7 Å². The van der Waals surface area contributed by atoms with E-state index in [1.807, 2.05) is 73.7 Å². The van der Waals surface area contributed by atoms with Crippen LogP contribution in [-0.4, -0.2) is 29.8 Å². The topological polar surface area (TPSA) is 109 Å². The lowest BCUT2D eigenvalue weighted by Crippen LogP contribution is -2.30. The highest BCUT2D eigenvalue weighted by Crippen LogP contribution is 2.38. The molecule has 3 amide bonds. The van der Waals surface area contributed by atoms with E-state index in [-0.39, 0.29) is 11.6 Å². The van der Waals surface area contributed by atoms with Gasteiger partial charge in [-0.15, -0.1) is 11.8 Å². The van der Waals surface area contributed by atoms with Crippen LogP contribution >= 0.6 is 23.1 Å². The molecule has 8 nitrogen and oxygen atoms in total. The second kappa shape index (κ2) is 15.5. The summed E-state index contributed by atoms with van der Waals surface area (Å²) >= 11 is 2.79. The van der Waals surface area contributed by atoms with Crippen molar-refractivity contribution in [2.75, 3.05) is 17.7 Å². The van der Waals surface area contributed by atoms with Gasteiger partial charge in [-0.1, -0.05) is 90.2 Å². The maximum atomic E-state index is 13.8. The molecule has 5 aromatic carbocycles. The molecule has 1 aromatic heterocycles. The molecule has 0 saturated carbocycles. The van der Waals surface area contributed by atoms with Gasteiger partial charge in [0.05, 0.1) is 17.3 Å². The van der Waals surface area contributed by atoms with Gasteiger partial charge in [-0.25, -0.2) is 4.98 Å². The summed E-state index contributed by atoms with van der Waals surface area (Å²) in [5, 5.41) is 8.62. The first-order valence-corrected chi connectivity index (χ1v) is 17.1. The Kier molecular flexibility index (Phi) is 10.5. The Balaban J connectivity index is 1.24. The fourth-order valence-electron chi connectivity index (χ4n) is 5.02. The molecule has 0 bridgehead atoms. The number of carbonyl (C=O) groups excluding carboxylic acids is 3. The van der Waals surface area contributed by atoms with Crippen molar-refractivity contribution < 1.29 is 19.1 Å². The molecule has 0 saturated heterocycles. The Morgan fingerprint density at radius 3 is 2.33 bits per heavy atom. The maximum Gasteiger partial charge on any atom is 0.272 e. The van der Waals surface area contributed by atoms with Gasteiger partial charge < -0.3 is 20.7 Å². The van der Waals surface area contributed by atoms with Crippen molar-refractivity contribution in [1.82, 2.24) is 10.3 Å². The molecule has 6 aromatic rings.